The highest BCUT2D eigenvalue weighted by Crippen LogP contribution is 2.28. The molecule has 19 heavy (non-hydrogen) atoms. The Morgan fingerprint density at radius 1 is 1.47 bits per heavy atom. The maximum atomic E-state index is 6.28. The first-order chi connectivity index (χ1) is 9.01. The second-order valence-electron chi connectivity index (χ2n) is 5.51. The molecule has 1 aliphatic heterocycles. The average Bonchev–Trinajstić information content (AvgIpc) is 2.35. The van der Waals surface area contributed by atoms with E-state index in [1.54, 1.807) is 0 Å². The number of hydrogen-bond acceptors (Lipinski definition) is 3. The van der Waals surface area contributed by atoms with Gasteiger partial charge in [0.2, 0.25) is 0 Å². The molecule has 0 amide bonds. The Morgan fingerprint density at radius 2 is 2.21 bits per heavy atom. The first-order valence-electron chi connectivity index (χ1n) is 6.75. The molecule has 0 aromatic carbocycles. The average molecular weight is 302 g/mol. The van der Waals surface area contributed by atoms with E-state index in [1.807, 2.05) is 13.0 Å². The number of pyridine rings is 1. The molecule has 0 aliphatic carbocycles. The van der Waals surface area contributed by atoms with Crippen LogP contribution >= 0.6 is 23.2 Å². The highest BCUT2D eigenvalue weighted by atomic mass is 35.5. The van der Waals surface area contributed by atoms with Gasteiger partial charge in [0, 0.05) is 29.4 Å². The normalized spacial score (nSPS) is 24.7. The molecule has 1 aromatic rings. The molecular formula is C14H21Cl2N3. The summed E-state index contributed by atoms with van der Waals surface area (Å²) in [5.74, 6) is 1.26. The third-order valence-electron chi connectivity index (χ3n) is 4.03. The Bertz CT molecular complexity index is 427. The summed E-state index contributed by atoms with van der Waals surface area (Å²) in [6.07, 6.45) is 1.18. The number of nitrogens with zero attached hydrogens (tertiary/aromatic N) is 2. The summed E-state index contributed by atoms with van der Waals surface area (Å²) in [6, 6.07) is 1.87. The third-order valence-corrected chi connectivity index (χ3v) is 4.68. The van der Waals surface area contributed by atoms with Crippen LogP contribution in [-0.4, -0.2) is 29.5 Å². The van der Waals surface area contributed by atoms with E-state index in [1.165, 1.54) is 6.42 Å². The van der Waals surface area contributed by atoms with Gasteiger partial charge < -0.3 is 5.73 Å². The van der Waals surface area contributed by atoms with Crippen molar-refractivity contribution in [1.82, 2.24) is 9.88 Å². The Kier molecular flexibility index (Phi) is 5.07. The molecule has 0 spiro atoms. The van der Waals surface area contributed by atoms with Gasteiger partial charge in [-0.25, -0.2) is 4.98 Å². The summed E-state index contributed by atoms with van der Waals surface area (Å²) in [6.45, 7) is 7.76. The highest BCUT2D eigenvalue weighted by Gasteiger charge is 2.26. The number of piperidine rings is 1. The molecule has 106 valence electrons. The van der Waals surface area contributed by atoms with Gasteiger partial charge in [0.15, 0.2) is 0 Å². The molecule has 1 aromatic heterocycles. The summed E-state index contributed by atoms with van der Waals surface area (Å²) in [7, 11) is 0. The SMILES string of the molecule is Cc1cc(Cl)c(CN2CCC(C)C(CN)C2)c(Cl)n1. The van der Waals surface area contributed by atoms with Crippen LogP contribution in [0.2, 0.25) is 10.2 Å². The number of rotatable bonds is 3. The van der Waals surface area contributed by atoms with E-state index in [0.29, 0.717) is 22.0 Å². The van der Waals surface area contributed by atoms with Crippen molar-refractivity contribution in [1.29, 1.82) is 0 Å². The van der Waals surface area contributed by atoms with Crippen molar-refractivity contribution in [2.75, 3.05) is 19.6 Å². The van der Waals surface area contributed by atoms with Gasteiger partial charge in [-0.3, -0.25) is 4.90 Å². The van der Waals surface area contributed by atoms with Crippen molar-refractivity contribution in [2.45, 2.75) is 26.8 Å². The summed E-state index contributed by atoms with van der Waals surface area (Å²) < 4.78 is 0. The van der Waals surface area contributed by atoms with Crippen molar-refractivity contribution >= 4 is 23.2 Å². The molecule has 0 saturated carbocycles. The van der Waals surface area contributed by atoms with E-state index in [0.717, 1.165) is 37.4 Å². The Morgan fingerprint density at radius 3 is 2.84 bits per heavy atom. The monoisotopic (exact) mass is 301 g/mol. The van der Waals surface area contributed by atoms with Gasteiger partial charge in [0.1, 0.15) is 5.15 Å². The van der Waals surface area contributed by atoms with Crippen molar-refractivity contribution in [2.24, 2.45) is 17.6 Å². The van der Waals surface area contributed by atoms with Crippen molar-refractivity contribution < 1.29 is 0 Å². The fourth-order valence-corrected chi connectivity index (χ4v) is 3.31. The minimum absolute atomic E-state index is 0.521. The van der Waals surface area contributed by atoms with E-state index < -0.39 is 0 Å². The number of aryl methyl sites for hydroxylation is 1. The molecule has 2 N–H and O–H groups in total. The quantitative estimate of drug-likeness (QED) is 0.872. The molecule has 0 bridgehead atoms. The second-order valence-corrected chi connectivity index (χ2v) is 6.28. The number of nitrogens with two attached hydrogens (primary N) is 1. The Balaban J connectivity index is 2.09. The topological polar surface area (TPSA) is 42.1 Å². The molecule has 5 heteroatoms. The molecule has 2 atom stereocenters. The van der Waals surface area contributed by atoms with E-state index in [4.69, 9.17) is 28.9 Å². The molecular weight excluding hydrogens is 281 g/mol. The lowest BCUT2D eigenvalue weighted by Crippen LogP contribution is -2.42. The van der Waals surface area contributed by atoms with Gasteiger partial charge in [-0.15, -0.1) is 0 Å². The van der Waals surface area contributed by atoms with Crippen molar-refractivity contribution in [3.63, 3.8) is 0 Å². The van der Waals surface area contributed by atoms with Gasteiger partial charge >= 0.3 is 0 Å². The van der Waals surface area contributed by atoms with Gasteiger partial charge in [-0.1, -0.05) is 30.1 Å². The van der Waals surface area contributed by atoms with Crippen LogP contribution in [0, 0.1) is 18.8 Å². The molecule has 3 nitrogen and oxygen atoms in total. The number of hydrogen-bond donors (Lipinski definition) is 1. The second kappa shape index (κ2) is 6.40. The predicted molar refractivity (Wildman–Crippen MR) is 80.6 cm³/mol. The van der Waals surface area contributed by atoms with Gasteiger partial charge in [-0.05, 0) is 44.3 Å². The van der Waals surface area contributed by atoms with E-state index >= 15 is 0 Å². The van der Waals surface area contributed by atoms with Crippen molar-refractivity contribution in [3.05, 3.63) is 27.5 Å². The lowest BCUT2D eigenvalue weighted by molar-refractivity contribution is 0.126. The van der Waals surface area contributed by atoms with E-state index in [2.05, 4.69) is 16.8 Å². The van der Waals surface area contributed by atoms with Crippen LogP contribution in [0.5, 0.6) is 0 Å². The Hall–Kier alpha value is -0.350. The zero-order valence-corrected chi connectivity index (χ0v) is 13.0. The fourth-order valence-electron chi connectivity index (χ4n) is 2.66. The molecule has 1 saturated heterocycles. The van der Waals surface area contributed by atoms with Crippen LogP contribution in [0.3, 0.4) is 0 Å². The third kappa shape index (κ3) is 3.60. The first kappa shape index (κ1) is 15.0. The summed E-state index contributed by atoms with van der Waals surface area (Å²) in [5.41, 5.74) is 7.62. The molecule has 0 radical (unpaired) electrons. The summed E-state index contributed by atoms with van der Waals surface area (Å²) >= 11 is 12.5. The maximum Gasteiger partial charge on any atom is 0.135 e. The zero-order chi connectivity index (χ0) is 14.0. The first-order valence-corrected chi connectivity index (χ1v) is 7.50. The largest absolute Gasteiger partial charge is 0.330 e. The van der Waals surface area contributed by atoms with Crippen LogP contribution in [0.25, 0.3) is 0 Å². The maximum absolute atomic E-state index is 6.28. The minimum atomic E-state index is 0.521. The fraction of sp³-hybridized carbons (Fsp3) is 0.643. The summed E-state index contributed by atoms with van der Waals surface area (Å²) in [5, 5.41) is 1.23. The number of halogens is 2. The number of aromatic nitrogens is 1. The van der Waals surface area contributed by atoms with Crippen molar-refractivity contribution in [3.8, 4) is 0 Å². The highest BCUT2D eigenvalue weighted by molar-refractivity contribution is 6.35. The van der Waals surface area contributed by atoms with E-state index in [-0.39, 0.29) is 0 Å². The number of likely N-dealkylation sites (tertiary alicyclic amines) is 1. The molecule has 1 aliphatic rings. The summed E-state index contributed by atoms with van der Waals surface area (Å²) in [4.78, 5) is 6.66. The van der Waals surface area contributed by atoms with Crippen LogP contribution in [0.15, 0.2) is 6.07 Å². The van der Waals surface area contributed by atoms with Gasteiger partial charge in [-0.2, -0.15) is 0 Å². The van der Waals surface area contributed by atoms with Gasteiger partial charge in [0.05, 0.1) is 0 Å². The predicted octanol–water partition coefficient (Wildman–Crippen LogP) is 3.11. The molecule has 2 heterocycles. The minimum Gasteiger partial charge on any atom is -0.330 e. The van der Waals surface area contributed by atoms with Gasteiger partial charge in [0.25, 0.3) is 0 Å². The smallest absolute Gasteiger partial charge is 0.135 e. The lowest BCUT2D eigenvalue weighted by Gasteiger charge is -2.36. The van der Waals surface area contributed by atoms with Crippen LogP contribution in [0.1, 0.15) is 24.6 Å². The molecule has 2 rings (SSSR count). The lowest BCUT2D eigenvalue weighted by atomic mass is 9.87. The Labute approximate surface area is 125 Å². The van der Waals surface area contributed by atoms with Crippen LogP contribution in [-0.2, 0) is 6.54 Å². The zero-order valence-electron chi connectivity index (χ0n) is 11.5. The van der Waals surface area contributed by atoms with E-state index in [9.17, 15) is 0 Å². The standard InChI is InChI=1S/C14H21Cl2N3/c1-9-3-4-19(7-11(9)6-17)8-12-13(15)5-10(2)18-14(12)16/h5,9,11H,3-4,6-8,17H2,1-2H3. The van der Waals surface area contributed by atoms with Crippen LogP contribution in [0.4, 0.5) is 0 Å². The molecule has 2 unspecified atom stereocenters. The molecule has 1 fully saturated rings. The van der Waals surface area contributed by atoms with Crippen LogP contribution < -0.4 is 5.73 Å².